The second-order valence-electron chi connectivity index (χ2n) is 2.70. The Kier molecular flexibility index (Phi) is 4.34. The van der Waals surface area contributed by atoms with Gasteiger partial charge in [-0.3, -0.25) is 0 Å². The minimum absolute atomic E-state index is 0.380. The molecule has 0 radical (unpaired) electrons. The van der Waals surface area contributed by atoms with E-state index in [2.05, 4.69) is 21.2 Å². The first kappa shape index (κ1) is 11.1. The van der Waals surface area contributed by atoms with E-state index in [0.717, 1.165) is 9.35 Å². The van der Waals surface area contributed by atoms with Gasteiger partial charge in [-0.1, -0.05) is 0 Å². The number of halogens is 1. The Morgan fingerprint density at radius 1 is 1.62 bits per heavy atom. The van der Waals surface area contributed by atoms with Crippen LogP contribution < -0.4 is 5.32 Å². The van der Waals surface area contributed by atoms with Gasteiger partial charge < -0.3 is 15.5 Å². The lowest BCUT2D eigenvalue weighted by molar-refractivity contribution is 0.0220. The Balaban J connectivity index is 2.67. The number of aliphatic hydroxyl groups is 2. The van der Waals surface area contributed by atoms with Gasteiger partial charge in [-0.25, -0.2) is 0 Å². The summed E-state index contributed by atoms with van der Waals surface area (Å²) < 4.78 is 0.847. The minimum atomic E-state index is -0.818. The molecule has 0 aliphatic heterocycles. The molecule has 2 unspecified atom stereocenters. The molecular formula is C8H12BrNO2S. The van der Waals surface area contributed by atoms with Crippen molar-refractivity contribution >= 4 is 27.3 Å². The molecule has 74 valence electrons. The van der Waals surface area contributed by atoms with E-state index < -0.39 is 12.2 Å². The minimum Gasteiger partial charge on any atom is -0.389 e. The predicted octanol–water partition coefficient (Wildman–Crippen LogP) is 1.12. The Labute approximate surface area is 89.5 Å². The van der Waals surface area contributed by atoms with E-state index in [-0.39, 0.29) is 0 Å². The van der Waals surface area contributed by atoms with E-state index in [1.165, 1.54) is 11.3 Å². The monoisotopic (exact) mass is 265 g/mol. The number of thiophene rings is 1. The SMILES string of the molecule is CNCC(O)C(O)c1sccc1Br. The fourth-order valence-corrected chi connectivity index (χ4v) is 2.66. The summed E-state index contributed by atoms with van der Waals surface area (Å²) in [5.41, 5.74) is 0. The standard InChI is InChI=1S/C8H12BrNO2S/c1-10-4-6(11)7(12)8-5(9)2-3-13-8/h2-3,6-7,10-12H,4H2,1H3. The van der Waals surface area contributed by atoms with E-state index in [9.17, 15) is 10.2 Å². The van der Waals surface area contributed by atoms with Crippen LogP contribution >= 0.6 is 27.3 Å². The summed E-state index contributed by atoms with van der Waals surface area (Å²) in [5, 5.41) is 23.8. The molecule has 0 saturated heterocycles. The van der Waals surface area contributed by atoms with Crippen LogP contribution in [-0.4, -0.2) is 29.9 Å². The van der Waals surface area contributed by atoms with Gasteiger partial charge in [0, 0.05) is 15.9 Å². The quantitative estimate of drug-likeness (QED) is 0.765. The van der Waals surface area contributed by atoms with Gasteiger partial charge in [-0.15, -0.1) is 11.3 Å². The molecule has 1 aromatic heterocycles. The second-order valence-corrected chi connectivity index (χ2v) is 4.50. The van der Waals surface area contributed by atoms with Gasteiger partial charge in [0.15, 0.2) is 0 Å². The first-order chi connectivity index (χ1) is 6.16. The van der Waals surface area contributed by atoms with Crippen LogP contribution in [0.5, 0.6) is 0 Å². The molecule has 3 nitrogen and oxygen atoms in total. The molecular weight excluding hydrogens is 254 g/mol. The van der Waals surface area contributed by atoms with E-state index in [0.29, 0.717) is 6.54 Å². The van der Waals surface area contributed by atoms with Crippen molar-refractivity contribution in [2.45, 2.75) is 12.2 Å². The molecule has 1 heterocycles. The molecule has 5 heteroatoms. The van der Waals surface area contributed by atoms with Crippen LogP contribution in [0.2, 0.25) is 0 Å². The average Bonchev–Trinajstić information content (AvgIpc) is 2.50. The van der Waals surface area contributed by atoms with E-state index in [1.54, 1.807) is 7.05 Å². The van der Waals surface area contributed by atoms with Gasteiger partial charge in [0.05, 0.1) is 6.10 Å². The van der Waals surface area contributed by atoms with E-state index in [4.69, 9.17) is 0 Å². The lowest BCUT2D eigenvalue weighted by Gasteiger charge is -2.16. The highest BCUT2D eigenvalue weighted by Gasteiger charge is 2.20. The van der Waals surface area contributed by atoms with Crippen LogP contribution in [0.4, 0.5) is 0 Å². The van der Waals surface area contributed by atoms with Crippen molar-refractivity contribution in [2.75, 3.05) is 13.6 Å². The van der Waals surface area contributed by atoms with Crippen molar-refractivity contribution in [3.8, 4) is 0 Å². The smallest absolute Gasteiger partial charge is 0.116 e. The zero-order chi connectivity index (χ0) is 9.84. The Bertz CT molecular complexity index is 266. The lowest BCUT2D eigenvalue weighted by Crippen LogP contribution is -2.29. The van der Waals surface area contributed by atoms with Crippen molar-refractivity contribution < 1.29 is 10.2 Å². The summed E-state index contributed by atoms with van der Waals surface area (Å²) in [6.45, 7) is 0.380. The van der Waals surface area contributed by atoms with Crippen molar-refractivity contribution in [1.29, 1.82) is 0 Å². The largest absolute Gasteiger partial charge is 0.389 e. The molecule has 13 heavy (non-hydrogen) atoms. The van der Waals surface area contributed by atoms with Gasteiger partial charge in [-0.05, 0) is 34.4 Å². The third kappa shape index (κ3) is 2.75. The molecule has 0 aliphatic rings. The summed E-state index contributed by atoms with van der Waals surface area (Å²) >= 11 is 4.73. The fraction of sp³-hybridized carbons (Fsp3) is 0.500. The Hall–Kier alpha value is 0.0600. The van der Waals surface area contributed by atoms with Gasteiger partial charge >= 0.3 is 0 Å². The van der Waals surface area contributed by atoms with Crippen molar-refractivity contribution in [1.82, 2.24) is 5.32 Å². The molecule has 3 N–H and O–H groups in total. The summed E-state index contributed by atoms with van der Waals surface area (Å²) in [6, 6.07) is 1.86. The van der Waals surface area contributed by atoms with Crippen LogP contribution in [0.15, 0.2) is 15.9 Å². The average molecular weight is 266 g/mol. The number of likely N-dealkylation sites (N-methyl/N-ethyl adjacent to an activating group) is 1. The summed E-state index contributed by atoms with van der Waals surface area (Å²) in [5.74, 6) is 0. The molecule has 0 fully saturated rings. The highest BCUT2D eigenvalue weighted by atomic mass is 79.9. The Morgan fingerprint density at radius 3 is 2.77 bits per heavy atom. The molecule has 0 spiro atoms. The highest BCUT2D eigenvalue weighted by Crippen LogP contribution is 2.30. The van der Waals surface area contributed by atoms with E-state index in [1.807, 2.05) is 11.4 Å². The zero-order valence-corrected chi connectivity index (χ0v) is 9.60. The molecule has 0 aromatic carbocycles. The third-order valence-electron chi connectivity index (χ3n) is 1.69. The topological polar surface area (TPSA) is 52.5 Å². The van der Waals surface area contributed by atoms with Crippen LogP contribution in [0.3, 0.4) is 0 Å². The molecule has 0 amide bonds. The molecule has 1 rings (SSSR count). The van der Waals surface area contributed by atoms with Crippen molar-refractivity contribution in [3.63, 3.8) is 0 Å². The number of hydrogen-bond donors (Lipinski definition) is 3. The first-order valence-electron chi connectivity index (χ1n) is 3.90. The van der Waals surface area contributed by atoms with Crippen LogP contribution in [-0.2, 0) is 0 Å². The van der Waals surface area contributed by atoms with Crippen molar-refractivity contribution in [2.24, 2.45) is 0 Å². The fourth-order valence-electron chi connectivity index (χ4n) is 1.01. The van der Waals surface area contributed by atoms with Crippen LogP contribution in [0, 0.1) is 0 Å². The lowest BCUT2D eigenvalue weighted by atomic mass is 10.2. The first-order valence-corrected chi connectivity index (χ1v) is 5.57. The van der Waals surface area contributed by atoms with Gasteiger partial charge in [0.2, 0.25) is 0 Å². The number of hydrogen-bond acceptors (Lipinski definition) is 4. The number of aliphatic hydroxyl groups excluding tert-OH is 2. The summed E-state index contributed by atoms with van der Waals surface area (Å²) in [7, 11) is 1.74. The number of nitrogens with one attached hydrogen (secondary N) is 1. The number of rotatable bonds is 4. The van der Waals surface area contributed by atoms with Gasteiger partial charge in [0.1, 0.15) is 6.10 Å². The summed E-state index contributed by atoms with van der Waals surface area (Å²) in [6.07, 6.45) is -1.58. The van der Waals surface area contributed by atoms with Crippen LogP contribution in [0.1, 0.15) is 11.0 Å². The van der Waals surface area contributed by atoms with Gasteiger partial charge in [-0.2, -0.15) is 0 Å². The van der Waals surface area contributed by atoms with Gasteiger partial charge in [0.25, 0.3) is 0 Å². The molecule has 2 atom stereocenters. The molecule has 0 aliphatic carbocycles. The van der Waals surface area contributed by atoms with Crippen LogP contribution in [0.25, 0.3) is 0 Å². The molecule has 1 aromatic rings. The Morgan fingerprint density at radius 2 is 2.31 bits per heavy atom. The second kappa shape index (κ2) is 5.07. The molecule has 0 saturated carbocycles. The predicted molar refractivity (Wildman–Crippen MR) is 56.9 cm³/mol. The highest BCUT2D eigenvalue weighted by molar-refractivity contribution is 9.10. The molecule has 0 bridgehead atoms. The maximum atomic E-state index is 9.68. The maximum Gasteiger partial charge on any atom is 0.116 e. The zero-order valence-electron chi connectivity index (χ0n) is 7.20. The van der Waals surface area contributed by atoms with Crippen molar-refractivity contribution in [3.05, 3.63) is 20.8 Å². The summed E-state index contributed by atoms with van der Waals surface area (Å²) in [4.78, 5) is 0.766. The maximum absolute atomic E-state index is 9.68. The third-order valence-corrected chi connectivity index (χ3v) is 3.63. The normalized spacial score (nSPS) is 15.7. The van der Waals surface area contributed by atoms with E-state index >= 15 is 0 Å².